The summed E-state index contributed by atoms with van der Waals surface area (Å²) in [5.41, 5.74) is 2.25. The summed E-state index contributed by atoms with van der Waals surface area (Å²) >= 11 is 6.56. The lowest BCUT2D eigenvalue weighted by Gasteiger charge is -2.14. The van der Waals surface area contributed by atoms with E-state index in [1.807, 2.05) is 13.0 Å². The normalized spacial score (nSPS) is 15.3. The fourth-order valence-corrected chi connectivity index (χ4v) is 4.60. The average Bonchev–Trinajstić information content (AvgIpc) is 3.03. The van der Waals surface area contributed by atoms with Crippen LogP contribution in [-0.2, 0) is 11.3 Å². The summed E-state index contributed by atoms with van der Waals surface area (Å²) in [4.78, 5) is 32.9. The van der Waals surface area contributed by atoms with Crippen LogP contribution in [0.1, 0.15) is 30.5 Å². The molecule has 9 heteroatoms. The molecule has 0 aliphatic carbocycles. The molecule has 1 aromatic carbocycles. The van der Waals surface area contributed by atoms with E-state index in [-0.39, 0.29) is 23.8 Å². The summed E-state index contributed by atoms with van der Waals surface area (Å²) in [6.45, 7) is 6.88. The van der Waals surface area contributed by atoms with Crippen LogP contribution in [0.3, 0.4) is 0 Å². The van der Waals surface area contributed by atoms with Crippen LogP contribution in [0.25, 0.3) is 11.7 Å². The van der Waals surface area contributed by atoms with Crippen molar-refractivity contribution >= 4 is 51.7 Å². The molecule has 0 radical (unpaired) electrons. The molecule has 0 unspecified atom stereocenters. The number of amides is 1. The van der Waals surface area contributed by atoms with Crippen LogP contribution in [0, 0.1) is 18.7 Å². The third-order valence-electron chi connectivity index (χ3n) is 5.09. The van der Waals surface area contributed by atoms with Gasteiger partial charge in [0, 0.05) is 12.7 Å². The number of pyridine rings is 1. The molecule has 1 fully saturated rings. The average molecular weight is 483 g/mol. The number of aromatic nitrogens is 2. The summed E-state index contributed by atoms with van der Waals surface area (Å²) in [6, 6.07) is 9.62. The number of nitrogens with one attached hydrogen (secondary N) is 1. The fraction of sp³-hybridized carbons (Fsp3) is 0.250. The van der Waals surface area contributed by atoms with E-state index in [1.54, 1.807) is 30.5 Å². The Bertz CT molecular complexity index is 1330. The molecule has 0 bridgehead atoms. The SMILES string of the molecule is Cc1ccc2nc(NCC(C)C)c(/C=C3\SC(=S)N(Cc4ccc(F)cc4)C3=O)c(=O)n2c1. The lowest BCUT2D eigenvalue weighted by atomic mass is 10.2. The summed E-state index contributed by atoms with van der Waals surface area (Å²) in [6.07, 6.45) is 3.30. The van der Waals surface area contributed by atoms with E-state index in [4.69, 9.17) is 12.2 Å². The Morgan fingerprint density at radius 3 is 2.61 bits per heavy atom. The maximum Gasteiger partial charge on any atom is 0.267 e. The Hall–Kier alpha value is -3.04. The highest BCUT2D eigenvalue weighted by molar-refractivity contribution is 8.26. The number of aryl methyl sites for hydroxylation is 1. The second-order valence-corrected chi connectivity index (χ2v) is 9.96. The van der Waals surface area contributed by atoms with Gasteiger partial charge in [-0.3, -0.25) is 18.9 Å². The topological polar surface area (TPSA) is 66.7 Å². The number of carbonyl (C=O) groups is 1. The molecule has 2 aromatic heterocycles. The van der Waals surface area contributed by atoms with Gasteiger partial charge in [0.2, 0.25) is 0 Å². The first-order chi connectivity index (χ1) is 15.7. The quantitative estimate of drug-likeness (QED) is 0.409. The van der Waals surface area contributed by atoms with Gasteiger partial charge >= 0.3 is 0 Å². The largest absolute Gasteiger partial charge is 0.369 e. The Balaban J connectivity index is 1.73. The van der Waals surface area contributed by atoms with Crippen molar-refractivity contribution in [2.24, 2.45) is 5.92 Å². The number of benzene rings is 1. The molecule has 1 aliphatic heterocycles. The Morgan fingerprint density at radius 2 is 1.91 bits per heavy atom. The van der Waals surface area contributed by atoms with E-state index < -0.39 is 0 Å². The number of anilines is 1. The zero-order chi connectivity index (χ0) is 23.7. The van der Waals surface area contributed by atoms with E-state index >= 15 is 0 Å². The minimum Gasteiger partial charge on any atom is -0.369 e. The van der Waals surface area contributed by atoms with Crippen molar-refractivity contribution in [1.82, 2.24) is 14.3 Å². The van der Waals surface area contributed by atoms with Crippen molar-refractivity contribution in [2.45, 2.75) is 27.3 Å². The van der Waals surface area contributed by atoms with Crippen LogP contribution in [0.5, 0.6) is 0 Å². The number of fused-ring (bicyclic) bond motifs is 1. The summed E-state index contributed by atoms with van der Waals surface area (Å²) < 4.78 is 15.1. The highest BCUT2D eigenvalue weighted by Crippen LogP contribution is 2.34. The molecule has 1 aliphatic rings. The van der Waals surface area contributed by atoms with Gasteiger partial charge in [-0.05, 0) is 48.2 Å². The van der Waals surface area contributed by atoms with Gasteiger partial charge in [-0.2, -0.15) is 0 Å². The van der Waals surface area contributed by atoms with Gasteiger partial charge in [0.15, 0.2) is 0 Å². The highest BCUT2D eigenvalue weighted by Gasteiger charge is 2.32. The number of halogens is 1. The van der Waals surface area contributed by atoms with Gasteiger partial charge in [0.25, 0.3) is 11.5 Å². The number of thioether (sulfide) groups is 1. The molecule has 33 heavy (non-hydrogen) atoms. The molecule has 0 spiro atoms. The molecule has 6 nitrogen and oxygen atoms in total. The number of hydrogen-bond acceptors (Lipinski definition) is 6. The maximum absolute atomic E-state index is 13.4. The first-order valence-electron chi connectivity index (χ1n) is 10.5. The van der Waals surface area contributed by atoms with Gasteiger partial charge in [0.1, 0.15) is 21.6 Å². The van der Waals surface area contributed by atoms with E-state index in [1.165, 1.54) is 21.4 Å². The molecule has 0 atom stereocenters. The van der Waals surface area contributed by atoms with E-state index in [0.29, 0.717) is 38.7 Å². The summed E-state index contributed by atoms with van der Waals surface area (Å²) in [5.74, 6) is 0.134. The minimum absolute atomic E-state index is 0.231. The molecule has 0 saturated carbocycles. The van der Waals surface area contributed by atoms with Gasteiger partial charge in [-0.1, -0.05) is 56.0 Å². The molecule has 4 rings (SSSR count). The van der Waals surface area contributed by atoms with Crippen molar-refractivity contribution < 1.29 is 9.18 Å². The van der Waals surface area contributed by atoms with Gasteiger partial charge in [-0.15, -0.1) is 0 Å². The third kappa shape index (κ3) is 4.99. The Kier molecular flexibility index (Phi) is 6.62. The number of hydrogen-bond donors (Lipinski definition) is 1. The highest BCUT2D eigenvalue weighted by atomic mass is 32.2. The lowest BCUT2D eigenvalue weighted by Crippen LogP contribution is -2.27. The lowest BCUT2D eigenvalue weighted by molar-refractivity contribution is -0.122. The molecule has 3 aromatic rings. The van der Waals surface area contributed by atoms with Crippen molar-refractivity contribution in [3.63, 3.8) is 0 Å². The predicted molar refractivity (Wildman–Crippen MR) is 135 cm³/mol. The number of nitrogens with zero attached hydrogens (tertiary/aromatic N) is 3. The fourth-order valence-electron chi connectivity index (χ4n) is 3.36. The van der Waals surface area contributed by atoms with Crippen LogP contribution < -0.4 is 10.9 Å². The van der Waals surface area contributed by atoms with Crippen LogP contribution in [0.2, 0.25) is 0 Å². The second-order valence-electron chi connectivity index (χ2n) is 8.28. The molecule has 1 N–H and O–H groups in total. The van der Waals surface area contributed by atoms with E-state index in [2.05, 4.69) is 24.1 Å². The molecule has 1 saturated heterocycles. The monoisotopic (exact) mass is 482 g/mol. The number of thiocarbonyl (C=S) groups is 1. The summed E-state index contributed by atoms with van der Waals surface area (Å²) in [5, 5.41) is 3.25. The van der Waals surface area contributed by atoms with Crippen LogP contribution in [0.15, 0.2) is 52.3 Å². The molecule has 1 amide bonds. The first-order valence-corrected chi connectivity index (χ1v) is 11.7. The zero-order valence-corrected chi connectivity index (χ0v) is 20.1. The van der Waals surface area contributed by atoms with Crippen molar-refractivity contribution in [1.29, 1.82) is 0 Å². The Labute approximate surface area is 200 Å². The van der Waals surface area contributed by atoms with E-state index in [0.717, 1.165) is 22.9 Å². The summed E-state index contributed by atoms with van der Waals surface area (Å²) in [7, 11) is 0. The van der Waals surface area contributed by atoms with Gasteiger partial charge in [-0.25, -0.2) is 9.37 Å². The van der Waals surface area contributed by atoms with Crippen molar-refractivity contribution in [3.8, 4) is 0 Å². The minimum atomic E-state index is -0.343. The maximum atomic E-state index is 13.4. The standard InChI is InChI=1S/C24H23FN4O2S2/c1-14(2)11-26-21-18(22(30)28-12-15(3)4-9-20(28)27-21)10-19-23(31)29(24(32)33-19)13-16-5-7-17(25)8-6-16/h4-10,12,14,26H,11,13H2,1-3H3/b19-10-. The third-order valence-corrected chi connectivity index (χ3v) is 6.46. The smallest absolute Gasteiger partial charge is 0.267 e. The van der Waals surface area contributed by atoms with Crippen molar-refractivity contribution in [3.05, 3.63) is 80.4 Å². The second kappa shape index (κ2) is 9.44. The van der Waals surface area contributed by atoms with Crippen LogP contribution >= 0.6 is 24.0 Å². The number of carbonyl (C=O) groups excluding carboxylic acids is 1. The predicted octanol–water partition coefficient (Wildman–Crippen LogP) is 4.61. The van der Waals surface area contributed by atoms with Gasteiger partial charge in [0.05, 0.1) is 17.0 Å². The van der Waals surface area contributed by atoms with Crippen LogP contribution in [0.4, 0.5) is 10.2 Å². The zero-order valence-electron chi connectivity index (χ0n) is 18.5. The molecular weight excluding hydrogens is 459 g/mol. The number of rotatable bonds is 6. The molecule has 3 heterocycles. The molecule has 170 valence electrons. The van der Waals surface area contributed by atoms with Gasteiger partial charge < -0.3 is 5.32 Å². The first kappa shape index (κ1) is 23.1. The molecular formula is C24H23FN4O2S2. The van der Waals surface area contributed by atoms with Crippen LogP contribution in [-0.4, -0.2) is 31.1 Å². The van der Waals surface area contributed by atoms with Crippen molar-refractivity contribution in [2.75, 3.05) is 11.9 Å². The van der Waals surface area contributed by atoms with E-state index in [9.17, 15) is 14.0 Å². The Morgan fingerprint density at radius 1 is 1.18 bits per heavy atom.